The largest absolute Gasteiger partial charge is 0.493 e. The quantitative estimate of drug-likeness (QED) is 0.159. The van der Waals surface area contributed by atoms with Crippen LogP contribution >= 0.6 is 0 Å². The first-order valence-corrected chi connectivity index (χ1v) is 13.7. The predicted molar refractivity (Wildman–Crippen MR) is 168 cm³/mol. The molecule has 5 rings (SSSR count). The van der Waals surface area contributed by atoms with E-state index in [1.54, 1.807) is 36.4 Å². The number of nitrogens with zero attached hydrogens (tertiary/aromatic N) is 2. The zero-order valence-corrected chi connectivity index (χ0v) is 25.0. The summed E-state index contributed by atoms with van der Waals surface area (Å²) in [6, 6.07) is 25.7. The average Bonchev–Trinajstić information content (AvgIpc) is 3.04. The van der Waals surface area contributed by atoms with Crippen molar-refractivity contribution in [2.24, 2.45) is 0 Å². The van der Waals surface area contributed by atoms with Crippen LogP contribution in [0.3, 0.4) is 0 Å². The molecule has 10 heteroatoms. The van der Waals surface area contributed by atoms with Gasteiger partial charge in [-0.25, -0.2) is 4.98 Å². The molecule has 0 atom stereocenters. The summed E-state index contributed by atoms with van der Waals surface area (Å²) in [5.41, 5.74) is 3.28. The second-order valence-electron chi connectivity index (χ2n) is 9.66. The Kier molecular flexibility index (Phi) is 9.10. The summed E-state index contributed by atoms with van der Waals surface area (Å²) in [7, 11) is 4.59. The normalized spacial score (nSPS) is 10.5. The molecule has 2 N–H and O–H groups in total. The van der Waals surface area contributed by atoms with Crippen LogP contribution in [0.15, 0.2) is 91.1 Å². The SMILES string of the molecule is COc1cc(Nc2ncc(C(=O)Nc3c(C)cccc3C)c(Oc3ccc(Oc4ccccc4)cc3)n2)cc(OC)c1OC. The molecule has 0 saturated heterocycles. The molecule has 1 heterocycles. The molecule has 0 spiro atoms. The van der Waals surface area contributed by atoms with Crippen molar-refractivity contribution < 1.29 is 28.5 Å². The third-order valence-corrected chi connectivity index (χ3v) is 6.66. The Morgan fingerprint density at radius 3 is 1.89 bits per heavy atom. The van der Waals surface area contributed by atoms with E-state index in [4.69, 9.17) is 23.7 Å². The number of carbonyl (C=O) groups excluding carboxylic acids is 1. The number of rotatable bonds is 11. The number of ether oxygens (including phenoxy) is 5. The lowest BCUT2D eigenvalue weighted by atomic mass is 10.1. The maximum Gasteiger partial charge on any atom is 0.262 e. The Labute approximate surface area is 255 Å². The van der Waals surface area contributed by atoms with Gasteiger partial charge < -0.3 is 34.3 Å². The van der Waals surface area contributed by atoms with Gasteiger partial charge in [0.2, 0.25) is 17.6 Å². The number of amides is 1. The minimum absolute atomic E-state index is 0.0513. The van der Waals surface area contributed by atoms with E-state index in [1.807, 2.05) is 62.4 Å². The van der Waals surface area contributed by atoms with Gasteiger partial charge in [-0.05, 0) is 61.4 Å². The molecule has 44 heavy (non-hydrogen) atoms. The van der Waals surface area contributed by atoms with E-state index in [2.05, 4.69) is 20.6 Å². The number of aryl methyl sites for hydroxylation is 2. The third kappa shape index (κ3) is 6.81. The Morgan fingerprint density at radius 2 is 1.30 bits per heavy atom. The van der Waals surface area contributed by atoms with Crippen LogP contribution in [-0.2, 0) is 0 Å². The van der Waals surface area contributed by atoms with Gasteiger partial charge in [0, 0.05) is 29.7 Å². The van der Waals surface area contributed by atoms with Gasteiger partial charge in [-0.15, -0.1) is 0 Å². The third-order valence-electron chi connectivity index (χ3n) is 6.66. The summed E-state index contributed by atoms with van der Waals surface area (Å²) in [4.78, 5) is 22.5. The Morgan fingerprint density at radius 1 is 0.705 bits per heavy atom. The molecular formula is C34H32N4O6. The number of benzene rings is 4. The van der Waals surface area contributed by atoms with Gasteiger partial charge in [-0.2, -0.15) is 4.98 Å². The number of hydrogen-bond donors (Lipinski definition) is 2. The highest BCUT2D eigenvalue weighted by Crippen LogP contribution is 2.40. The van der Waals surface area contributed by atoms with Crippen LogP contribution in [0.25, 0.3) is 0 Å². The highest BCUT2D eigenvalue weighted by Gasteiger charge is 2.20. The highest BCUT2D eigenvalue weighted by atomic mass is 16.5. The molecule has 5 aromatic rings. The lowest BCUT2D eigenvalue weighted by Crippen LogP contribution is -2.16. The molecule has 0 aliphatic heterocycles. The van der Waals surface area contributed by atoms with Crippen molar-refractivity contribution in [3.8, 4) is 40.4 Å². The summed E-state index contributed by atoms with van der Waals surface area (Å²) < 4.78 is 28.4. The number of methoxy groups -OCH3 is 3. The number of anilines is 3. The van der Waals surface area contributed by atoms with Crippen molar-refractivity contribution in [3.63, 3.8) is 0 Å². The topological polar surface area (TPSA) is 113 Å². The van der Waals surface area contributed by atoms with Gasteiger partial charge in [0.15, 0.2) is 11.5 Å². The minimum atomic E-state index is -0.416. The molecule has 1 aromatic heterocycles. The van der Waals surface area contributed by atoms with E-state index in [1.165, 1.54) is 27.5 Å². The molecule has 0 saturated carbocycles. The summed E-state index contributed by atoms with van der Waals surface area (Å²) in [6.07, 6.45) is 1.42. The van der Waals surface area contributed by atoms with Gasteiger partial charge in [0.1, 0.15) is 22.8 Å². The molecule has 0 radical (unpaired) electrons. The number of para-hydroxylation sites is 2. The number of carbonyl (C=O) groups is 1. The van der Waals surface area contributed by atoms with Crippen molar-refractivity contribution in [2.45, 2.75) is 13.8 Å². The van der Waals surface area contributed by atoms with Crippen LogP contribution in [0.2, 0.25) is 0 Å². The number of hydrogen-bond acceptors (Lipinski definition) is 9. The predicted octanol–water partition coefficient (Wildman–Crippen LogP) is 7.70. The zero-order valence-electron chi connectivity index (χ0n) is 25.0. The molecule has 1 amide bonds. The van der Waals surface area contributed by atoms with Crippen molar-refractivity contribution in [1.29, 1.82) is 0 Å². The fourth-order valence-electron chi connectivity index (χ4n) is 4.45. The van der Waals surface area contributed by atoms with Crippen LogP contribution in [-0.4, -0.2) is 37.2 Å². The van der Waals surface area contributed by atoms with Gasteiger partial charge >= 0.3 is 0 Å². The van der Waals surface area contributed by atoms with Crippen LogP contribution in [0.4, 0.5) is 17.3 Å². The maximum absolute atomic E-state index is 13.5. The second-order valence-corrected chi connectivity index (χ2v) is 9.66. The molecule has 0 unspecified atom stereocenters. The molecule has 0 fully saturated rings. The Bertz CT molecular complexity index is 1720. The molecule has 0 bridgehead atoms. The van der Waals surface area contributed by atoms with Gasteiger partial charge in [-0.1, -0.05) is 36.4 Å². The van der Waals surface area contributed by atoms with Crippen molar-refractivity contribution >= 4 is 23.2 Å². The van der Waals surface area contributed by atoms with Crippen LogP contribution in [0.5, 0.6) is 40.4 Å². The molecule has 224 valence electrons. The molecule has 10 nitrogen and oxygen atoms in total. The summed E-state index contributed by atoms with van der Waals surface area (Å²) in [6.45, 7) is 3.86. The van der Waals surface area contributed by atoms with E-state index < -0.39 is 5.91 Å². The smallest absolute Gasteiger partial charge is 0.262 e. The van der Waals surface area contributed by atoms with Crippen molar-refractivity contribution in [3.05, 3.63) is 108 Å². The van der Waals surface area contributed by atoms with E-state index in [9.17, 15) is 4.79 Å². The van der Waals surface area contributed by atoms with Crippen LogP contribution in [0, 0.1) is 13.8 Å². The zero-order chi connectivity index (χ0) is 31.1. The average molecular weight is 593 g/mol. The summed E-state index contributed by atoms with van der Waals surface area (Å²) >= 11 is 0. The van der Waals surface area contributed by atoms with E-state index in [0.717, 1.165) is 11.1 Å². The fraction of sp³-hybridized carbons (Fsp3) is 0.147. The van der Waals surface area contributed by atoms with E-state index in [-0.39, 0.29) is 17.4 Å². The van der Waals surface area contributed by atoms with Crippen molar-refractivity contribution in [1.82, 2.24) is 9.97 Å². The second kappa shape index (κ2) is 13.5. The van der Waals surface area contributed by atoms with E-state index in [0.29, 0.717) is 45.9 Å². The monoisotopic (exact) mass is 592 g/mol. The lowest BCUT2D eigenvalue weighted by Gasteiger charge is -2.16. The number of nitrogens with one attached hydrogen (secondary N) is 2. The molecule has 0 aliphatic carbocycles. The van der Waals surface area contributed by atoms with E-state index >= 15 is 0 Å². The van der Waals surface area contributed by atoms with Gasteiger partial charge in [-0.3, -0.25) is 4.79 Å². The Balaban J connectivity index is 1.46. The van der Waals surface area contributed by atoms with Crippen LogP contribution in [0.1, 0.15) is 21.5 Å². The Hall–Kier alpha value is -5.77. The first-order valence-electron chi connectivity index (χ1n) is 13.7. The first-order chi connectivity index (χ1) is 21.4. The number of aromatic nitrogens is 2. The van der Waals surface area contributed by atoms with Gasteiger partial charge in [0.25, 0.3) is 5.91 Å². The molecular weight excluding hydrogens is 560 g/mol. The summed E-state index contributed by atoms with van der Waals surface area (Å²) in [5, 5.41) is 6.11. The molecule has 0 aliphatic rings. The van der Waals surface area contributed by atoms with Crippen molar-refractivity contribution in [2.75, 3.05) is 32.0 Å². The molecule has 4 aromatic carbocycles. The fourth-order valence-corrected chi connectivity index (χ4v) is 4.45. The maximum atomic E-state index is 13.5. The standard InChI is InChI=1S/C34H32N4O6/c1-21-10-9-11-22(2)30(21)37-32(39)27-20-35-34(36-23-18-28(40-3)31(42-5)29(19-23)41-4)38-33(27)44-26-16-14-25(15-17-26)43-24-12-7-6-8-13-24/h6-20H,1-5H3,(H,37,39)(H,35,36,38). The van der Waals surface area contributed by atoms with Gasteiger partial charge in [0.05, 0.1) is 21.3 Å². The summed E-state index contributed by atoms with van der Waals surface area (Å²) in [5.74, 6) is 2.96. The van der Waals surface area contributed by atoms with Crippen LogP contribution < -0.4 is 34.3 Å². The first kappa shape index (κ1) is 29.7. The lowest BCUT2D eigenvalue weighted by molar-refractivity contribution is 0.102. The highest BCUT2D eigenvalue weighted by molar-refractivity contribution is 6.06. The minimum Gasteiger partial charge on any atom is -0.493 e.